The van der Waals surface area contributed by atoms with Crippen molar-refractivity contribution in [2.24, 2.45) is 0 Å². The zero-order valence-electron chi connectivity index (χ0n) is 19.5. The average molecular weight is 473 g/mol. The number of benzene rings is 2. The predicted molar refractivity (Wildman–Crippen MR) is 119 cm³/mol. The Hall–Kier alpha value is -3.14. The average Bonchev–Trinajstić information content (AvgIpc) is 2.76. The van der Waals surface area contributed by atoms with Crippen molar-refractivity contribution in [2.45, 2.75) is 26.3 Å². The standard InChI is InChI=1S/C24H25N3O6.Na/c1-15-6-4-7-16(2)22(15)33-18-9-5-8-17(14-18)27(24(32)25-12-10-20(29)30)21-19(28)11-13-26(3)23(21)31;/h4-9,11,13-14,21H,10,12H2,1-3H3,(H,25,32)(H,29,30);/q;+1/p-1/t21-;/m0./s1. The number of aryl methyl sites for hydroxylation is 2. The number of carboxylic acids is 1. The molecule has 0 radical (unpaired) electrons. The minimum atomic E-state index is -1.45. The maximum absolute atomic E-state index is 13.0. The third-order valence-corrected chi connectivity index (χ3v) is 5.12. The molecule has 1 heterocycles. The topological polar surface area (TPSA) is 119 Å². The summed E-state index contributed by atoms with van der Waals surface area (Å²) in [7, 11) is 1.48. The summed E-state index contributed by atoms with van der Waals surface area (Å²) in [6, 6.07) is 9.92. The summed E-state index contributed by atoms with van der Waals surface area (Å²) in [6.07, 6.45) is 2.13. The Bertz CT molecular complexity index is 1110. The Morgan fingerprint density at radius 3 is 2.41 bits per heavy atom. The Kier molecular flexibility index (Phi) is 9.43. The number of ketones is 1. The molecule has 10 heteroatoms. The number of amides is 3. The molecule has 0 unspecified atom stereocenters. The second-order valence-corrected chi connectivity index (χ2v) is 7.61. The fourth-order valence-electron chi connectivity index (χ4n) is 3.42. The number of carboxylic acid groups (broad SMARTS) is 1. The molecule has 2 aromatic carbocycles. The molecule has 0 aromatic heterocycles. The van der Waals surface area contributed by atoms with E-state index in [0.29, 0.717) is 11.5 Å². The number of nitrogens with zero attached hydrogens (tertiary/aromatic N) is 2. The number of ether oxygens (including phenoxy) is 1. The summed E-state index contributed by atoms with van der Waals surface area (Å²) in [5, 5.41) is 13.2. The summed E-state index contributed by atoms with van der Waals surface area (Å²) < 4.78 is 6.05. The van der Waals surface area contributed by atoms with Crippen molar-refractivity contribution in [2.75, 3.05) is 18.5 Å². The van der Waals surface area contributed by atoms with Gasteiger partial charge in [-0.15, -0.1) is 0 Å². The van der Waals surface area contributed by atoms with Crippen LogP contribution in [0, 0.1) is 13.8 Å². The second-order valence-electron chi connectivity index (χ2n) is 7.61. The Morgan fingerprint density at radius 2 is 1.76 bits per heavy atom. The van der Waals surface area contributed by atoms with Crippen molar-refractivity contribution < 1.29 is 58.6 Å². The van der Waals surface area contributed by atoms with E-state index in [9.17, 15) is 24.3 Å². The normalized spacial score (nSPS) is 14.9. The van der Waals surface area contributed by atoms with Gasteiger partial charge in [-0.3, -0.25) is 14.5 Å². The number of carbonyl (C=O) groups excluding carboxylic acids is 4. The molecule has 34 heavy (non-hydrogen) atoms. The van der Waals surface area contributed by atoms with Crippen molar-refractivity contribution in [1.29, 1.82) is 0 Å². The number of urea groups is 1. The quantitative estimate of drug-likeness (QED) is 0.394. The Balaban J connectivity index is 0.00000408. The first kappa shape index (κ1) is 27.1. The molecule has 0 aliphatic carbocycles. The van der Waals surface area contributed by atoms with E-state index in [2.05, 4.69) is 5.32 Å². The summed E-state index contributed by atoms with van der Waals surface area (Å²) in [4.78, 5) is 51.4. The van der Waals surface area contributed by atoms with Gasteiger partial charge >= 0.3 is 35.6 Å². The van der Waals surface area contributed by atoms with E-state index >= 15 is 0 Å². The molecule has 1 aliphatic rings. The first-order chi connectivity index (χ1) is 15.7. The number of hydrogen-bond acceptors (Lipinski definition) is 6. The van der Waals surface area contributed by atoms with Gasteiger partial charge in [0.15, 0.2) is 11.8 Å². The minimum absolute atomic E-state index is 0. The van der Waals surface area contributed by atoms with E-state index in [1.54, 1.807) is 24.3 Å². The molecule has 0 bridgehead atoms. The van der Waals surface area contributed by atoms with Crippen LogP contribution >= 0.6 is 0 Å². The predicted octanol–water partition coefficient (Wildman–Crippen LogP) is -1.32. The van der Waals surface area contributed by atoms with E-state index in [-0.39, 0.29) is 41.8 Å². The zero-order valence-corrected chi connectivity index (χ0v) is 21.5. The van der Waals surface area contributed by atoms with Crippen LogP contribution in [0.25, 0.3) is 0 Å². The first-order valence-corrected chi connectivity index (χ1v) is 10.3. The zero-order chi connectivity index (χ0) is 24.1. The summed E-state index contributed by atoms with van der Waals surface area (Å²) in [5.74, 6) is -1.45. The summed E-state index contributed by atoms with van der Waals surface area (Å²) >= 11 is 0. The van der Waals surface area contributed by atoms with Crippen LogP contribution in [0.4, 0.5) is 10.5 Å². The van der Waals surface area contributed by atoms with E-state index in [1.165, 1.54) is 24.2 Å². The van der Waals surface area contributed by atoms with Crippen molar-refractivity contribution in [3.63, 3.8) is 0 Å². The molecular formula is C24H24N3NaO6. The van der Waals surface area contributed by atoms with Gasteiger partial charge in [0.1, 0.15) is 11.5 Å². The number of rotatable bonds is 7. The van der Waals surface area contributed by atoms with Gasteiger partial charge in [0.25, 0.3) is 5.91 Å². The van der Waals surface area contributed by atoms with Crippen LogP contribution in [-0.2, 0) is 14.4 Å². The molecule has 0 fully saturated rings. The molecule has 1 aliphatic heterocycles. The monoisotopic (exact) mass is 473 g/mol. The van der Waals surface area contributed by atoms with Gasteiger partial charge in [-0.2, -0.15) is 0 Å². The molecular weight excluding hydrogens is 449 g/mol. The Labute approximate surface area is 219 Å². The molecule has 172 valence electrons. The number of likely N-dealkylation sites (N-methyl/N-ethyl adjacent to an activating group) is 1. The van der Waals surface area contributed by atoms with Crippen LogP contribution in [0.5, 0.6) is 11.5 Å². The summed E-state index contributed by atoms with van der Waals surface area (Å²) in [5.41, 5.74) is 2.07. The number of nitrogens with one attached hydrogen (secondary N) is 1. The van der Waals surface area contributed by atoms with Gasteiger partial charge in [-0.1, -0.05) is 24.3 Å². The van der Waals surface area contributed by atoms with Gasteiger partial charge in [0, 0.05) is 44.3 Å². The number of aliphatic carboxylic acids is 1. The fourth-order valence-corrected chi connectivity index (χ4v) is 3.42. The van der Waals surface area contributed by atoms with E-state index in [0.717, 1.165) is 16.0 Å². The molecule has 3 rings (SSSR count). The van der Waals surface area contributed by atoms with Gasteiger partial charge in [0.2, 0.25) is 0 Å². The first-order valence-electron chi connectivity index (χ1n) is 10.3. The molecule has 2 aromatic rings. The maximum Gasteiger partial charge on any atom is 1.00 e. The van der Waals surface area contributed by atoms with Crippen molar-refractivity contribution in [1.82, 2.24) is 10.2 Å². The third-order valence-electron chi connectivity index (χ3n) is 5.12. The van der Waals surface area contributed by atoms with Crippen molar-refractivity contribution >= 4 is 29.4 Å². The van der Waals surface area contributed by atoms with Crippen molar-refractivity contribution in [3.05, 3.63) is 65.9 Å². The van der Waals surface area contributed by atoms with Crippen molar-refractivity contribution in [3.8, 4) is 11.5 Å². The molecule has 3 amide bonds. The maximum atomic E-state index is 13.0. The van der Waals surface area contributed by atoms with Gasteiger partial charge in [0.05, 0.1) is 5.69 Å². The van der Waals surface area contributed by atoms with Crippen LogP contribution in [0.15, 0.2) is 54.7 Å². The van der Waals surface area contributed by atoms with Gasteiger partial charge < -0.3 is 24.9 Å². The minimum Gasteiger partial charge on any atom is -0.550 e. The van der Waals surface area contributed by atoms with Crippen LogP contribution in [-0.4, -0.2) is 48.2 Å². The van der Waals surface area contributed by atoms with Crippen LogP contribution in [0.3, 0.4) is 0 Å². The number of anilines is 1. The Morgan fingerprint density at radius 1 is 1.12 bits per heavy atom. The largest absolute Gasteiger partial charge is 1.00 e. The third kappa shape index (κ3) is 6.25. The SMILES string of the molecule is Cc1cccc(C)c1Oc1cccc(N(C(=O)NCCC(=O)[O-])[C@H]2C(=O)C=CN(C)C2=O)c1.[Na+]. The molecule has 1 atom stereocenters. The number of hydrogen-bond donors (Lipinski definition) is 1. The van der Waals surface area contributed by atoms with E-state index in [4.69, 9.17) is 4.74 Å². The fraction of sp³-hybridized carbons (Fsp3) is 0.250. The van der Waals surface area contributed by atoms with E-state index < -0.39 is 36.2 Å². The van der Waals surface area contributed by atoms with Crippen LogP contribution in [0.2, 0.25) is 0 Å². The van der Waals surface area contributed by atoms with Gasteiger partial charge in [-0.05, 0) is 37.1 Å². The van der Waals surface area contributed by atoms with E-state index in [1.807, 2.05) is 32.0 Å². The molecule has 0 saturated carbocycles. The number of para-hydroxylation sites is 1. The van der Waals surface area contributed by atoms with Crippen LogP contribution in [0.1, 0.15) is 17.5 Å². The second kappa shape index (κ2) is 11.8. The van der Waals surface area contributed by atoms with Crippen LogP contribution < -0.4 is 49.6 Å². The smallest absolute Gasteiger partial charge is 0.550 e. The summed E-state index contributed by atoms with van der Waals surface area (Å²) in [6.45, 7) is 3.59. The molecule has 0 spiro atoms. The molecule has 1 N–H and O–H groups in total. The number of carbonyl (C=O) groups is 4. The molecule has 9 nitrogen and oxygen atoms in total. The van der Waals surface area contributed by atoms with Gasteiger partial charge in [-0.25, -0.2) is 4.79 Å². The molecule has 0 saturated heterocycles.